The maximum atomic E-state index is 11.6. The van der Waals surface area contributed by atoms with Gasteiger partial charge in [0.2, 0.25) is 0 Å². The lowest BCUT2D eigenvalue weighted by Gasteiger charge is -2.08. The second-order valence-electron chi connectivity index (χ2n) is 4.40. The summed E-state index contributed by atoms with van der Waals surface area (Å²) in [7, 11) is -3.67. The lowest BCUT2D eigenvalue weighted by molar-refractivity contribution is -0.386. The van der Waals surface area contributed by atoms with Crippen LogP contribution in [-0.2, 0) is 16.4 Å². The van der Waals surface area contributed by atoms with Crippen molar-refractivity contribution in [2.24, 2.45) is 0 Å². The number of aromatic nitrogens is 1. The third kappa shape index (κ3) is 3.56. The van der Waals surface area contributed by atoms with Crippen molar-refractivity contribution in [2.75, 3.05) is 11.6 Å². The van der Waals surface area contributed by atoms with E-state index in [0.29, 0.717) is 6.54 Å². The molecule has 0 bridgehead atoms. The summed E-state index contributed by atoms with van der Waals surface area (Å²) >= 11 is 1.47. The van der Waals surface area contributed by atoms with Crippen molar-refractivity contribution >= 4 is 32.5 Å². The largest absolute Gasteiger partial charge is 0.373 e. The Bertz CT molecular complexity index is 784. The summed E-state index contributed by atoms with van der Waals surface area (Å²) in [6.45, 7) is 2.21. The minimum Gasteiger partial charge on any atom is -0.373 e. The molecule has 1 heterocycles. The van der Waals surface area contributed by atoms with Crippen molar-refractivity contribution in [2.45, 2.75) is 18.4 Å². The molecular formula is C12H13N3O4S2. The van der Waals surface area contributed by atoms with Gasteiger partial charge in [-0.15, -0.1) is 11.3 Å². The van der Waals surface area contributed by atoms with Gasteiger partial charge in [0.25, 0.3) is 0 Å². The first-order valence-electron chi connectivity index (χ1n) is 5.91. The van der Waals surface area contributed by atoms with Crippen molar-refractivity contribution in [1.82, 2.24) is 4.98 Å². The Morgan fingerprint density at radius 2 is 2.14 bits per heavy atom. The fourth-order valence-corrected chi connectivity index (χ4v) is 3.39. The quantitative estimate of drug-likeness (QED) is 0.668. The van der Waals surface area contributed by atoms with E-state index in [-0.39, 0.29) is 10.6 Å². The van der Waals surface area contributed by atoms with Crippen LogP contribution < -0.4 is 5.32 Å². The van der Waals surface area contributed by atoms with Gasteiger partial charge in [-0.05, 0) is 19.1 Å². The fraction of sp³-hybridized carbons (Fsp3) is 0.250. The molecule has 7 nitrogen and oxygen atoms in total. The summed E-state index contributed by atoms with van der Waals surface area (Å²) in [6.07, 6.45) is 2.66. The van der Waals surface area contributed by atoms with Gasteiger partial charge in [0.05, 0.1) is 11.5 Å². The van der Waals surface area contributed by atoms with Crippen LogP contribution in [0, 0.1) is 17.0 Å². The Labute approximate surface area is 125 Å². The van der Waals surface area contributed by atoms with E-state index in [4.69, 9.17) is 0 Å². The zero-order valence-electron chi connectivity index (χ0n) is 11.4. The smallest absolute Gasteiger partial charge is 0.310 e. The third-order valence-electron chi connectivity index (χ3n) is 2.68. The molecule has 0 aliphatic carbocycles. The molecular weight excluding hydrogens is 314 g/mol. The Morgan fingerprint density at radius 3 is 2.67 bits per heavy atom. The monoisotopic (exact) mass is 327 g/mol. The fourth-order valence-electron chi connectivity index (χ4n) is 1.81. The molecule has 0 saturated heterocycles. The Kier molecular flexibility index (Phi) is 4.24. The van der Waals surface area contributed by atoms with Crippen molar-refractivity contribution < 1.29 is 13.3 Å². The van der Waals surface area contributed by atoms with Gasteiger partial charge in [0.15, 0.2) is 9.84 Å². The summed E-state index contributed by atoms with van der Waals surface area (Å²) in [5.41, 5.74) is -0.274. The molecule has 0 aliphatic rings. The molecule has 0 fully saturated rings. The molecule has 1 aromatic heterocycles. The number of sulfone groups is 1. The number of nitro benzene ring substituents is 1. The van der Waals surface area contributed by atoms with Crippen LogP contribution in [0.4, 0.5) is 11.4 Å². The van der Waals surface area contributed by atoms with Crippen LogP contribution in [0.25, 0.3) is 0 Å². The predicted octanol–water partition coefficient (Wildman–Crippen LogP) is 2.38. The molecule has 0 unspecified atom stereocenters. The number of aryl methyl sites for hydroxylation is 1. The number of benzene rings is 1. The predicted molar refractivity (Wildman–Crippen MR) is 80.4 cm³/mol. The molecule has 0 spiro atoms. The summed E-state index contributed by atoms with van der Waals surface area (Å²) in [5.74, 6) is 0. The van der Waals surface area contributed by atoms with E-state index in [0.717, 1.165) is 16.1 Å². The van der Waals surface area contributed by atoms with E-state index < -0.39 is 20.4 Å². The van der Waals surface area contributed by atoms with Gasteiger partial charge >= 0.3 is 5.69 Å². The highest BCUT2D eigenvalue weighted by Gasteiger charge is 2.25. The molecule has 9 heteroatoms. The van der Waals surface area contributed by atoms with Gasteiger partial charge in [-0.2, -0.15) is 0 Å². The highest BCUT2D eigenvalue weighted by atomic mass is 32.2. The lowest BCUT2D eigenvalue weighted by atomic mass is 10.2. The van der Waals surface area contributed by atoms with Crippen LogP contribution in [0.15, 0.2) is 29.3 Å². The van der Waals surface area contributed by atoms with Crippen LogP contribution >= 0.6 is 11.3 Å². The van der Waals surface area contributed by atoms with E-state index >= 15 is 0 Å². The first-order chi connectivity index (χ1) is 9.79. The molecule has 1 N–H and O–H groups in total. The van der Waals surface area contributed by atoms with E-state index in [2.05, 4.69) is 10.3 Å². The van der Waals surface area contributed by atoms with Gasteiger partial charge in [0.1, 0.15) is 15.6 Å². The van der Waals surface area contributed by atoms with Crippen LogP contribution in [0.2, 0.25) is 0 Å². The third-order valence-corrected chi connectivity index (χ3v) is 4.72. The number of nitrogens with one attached hydrogen (secondary N) is 1. The average molecular weight is 327 g/mol. The van der Waals surface area contributed by atoms with Crippen molar-refractivity contribution in [3.05, 3.63) is 44.4 Å². The summed E-state index contributed by atoms with van der Waals surface area (Å²) in [4.78, 5) is 15.4. The maximum absolute atomic E-state index is 11.6. The number of rotatable bonds is 5. The van der Waals surface area contributed by atoms with Crippen LogP contribution in [0.5, 0.6) is 0 Å². The maximum Gasteiger partial charge on any atom is 0.310 e. The van der Waals surface area contributed by atoms with Crippen molar-refractivity contribution in [3.8, 4) is 0 Å². The van der Waals surface area contributed by atoms with Crippen LogP contribution in [-0.4, -0.2) is 24.6 Å². The van der Waals surface area contributed by atoms with Gasteiger partial charge in [0, 0.05) is 17.3 Å². The Morgan fingerprint density at radius 1 is 1.43 bits per heavy atom. The normalized spacial score (nSPS) is 11.3. The minimum atomic E-state index is -3.67. The van der Waals surface area contributed by atoms with Crippen molar-refractivity contribution in [1.29, 1.82) is 0 Å². The van der Waals surface area contributed by atoms with Gasteiger partial charge < -0.3 is 5.32 Å². The number of anilines is 1. The number of hydrogen-bond acceptors (Lipinski definition) is 7. The van der Waals surface area contributed by atoms with Gasteiger partial charge in [-0.3, -0.25) is 10.1 Å². The highest BCUT2D eigenvalue weighted by molar-refractivity contribution is 7.90. The number of thiazole rings is 1. The van der Waals surface area contributed by atoms with Crippen LogP contribution in [0.1, 0.15) is 9.88 Å². The van der Waals surface area contributed by atoms with E-state index in [9.17, 15) is 18.5 Å². The zero-order chi connectivity index (χ0) is 15.6. The highest BCUT2D eigenvalue weighted by Crippen LogP contribution is 2.32. The van der Waals surface area contributed by atoms with Gasteiger partial charge in [-0.1, -0.05) is 6.07 Å². The van der Waals surface area contributed by atoms with E-state index in [1.807, 2.05) is 6.92 Å². The molecule has 112 valence electrons. The van der Waals surface area contributed by atoms with Crippen LogP contribution in [0.3, 0.4) is 0 Å². The first kappa shape index (κ1) is 15.4. The van der Waals surface area contributed by atoms with Gasteiger partial charge in [-0.25, -0.2) is 13.4 Å². The van der Waals surface area contributed by atoms with E-state index in [1.165, 1.54) is 29.5 Å². The van der Waals surface area contributed by atoms with Crippen molar-refractivity contribution in [3.63, 3.8) is 0 Å². The number of nitrogens with zero attached hydrogens (tertiary/aromatic N) is 2. The number of para-hydroxylation sites is 1. The number of nitro groups is 1. The second-order valence-corrected chi connectivity index (χ2v) is 7.70. The Balaban J connectivity index is 2.37. The molecule has 1 aromatic carbocycles. The molecule has 0 atom stereocenters. The van der Waals surface area contributed by atoms with E-state index in [1.54, 1.807) is 6.20 Å². The summed E-state index contributed by atoms with van der Waals surface area (Å²) < 4.78 is 23.3. The number of hydrogen-bond donors (Lipinski definition) is 1. The molecule has 2 aromatic rings. The summed E-state index contributed by atoms with van der Waals surface area (Å²) in [6, 6.07) is 4.18. The average Bonchev–Trinajstić information content (AvgIpc) is 2.80. The second kappa shape index (κ2) is 5.78. The molecule has 0 aliphatic heterocycles. The minimum absolute atomic E-state index is 0.163. The standard InChI is InChI=1S/C12H13N3O4S2/c1-8-6-14-11(20-8)7-13-9-4-3-5-10(21(2,18)19)12(9)15(16)17/h3-6,13H,7H2,1-2H3. The zero-order valence-corrected chi connectivity index (χ0v) is 13.0. The SMILES string of the molecule is Cc1cnc(CNc2cccc(S(C)(=O)=O)c2[N+](=O)[O-])s1. The lowest BCUT2D eigenvalue weighted by Crippen LogP contribution is -2.07. The Hall–Kier alpha value is -2.00. The molecule has 21 heavy (non-hydrogen) atoms. The topological polar surface area (TPSA) is 102 Å². The molecule has 0 amide bonds. The molecule has 2 rings (SSSR count). The molecule has 0 radical (unpaired) electrons. The molecule has 0 saturated carbocycles. The first-order valence-corrected chi connectivity index (χ1v) is 8.62. The summed E-state index contributed by atoms with van der Waals surface area (Å²) in [5, 5.41) is 14.8.